The van der Waals surface area contributed by atoms with E-state index in [0.29, 0.717) is 0 Å². The molecule has 0 aromatic carbocycles. The topological polar surface area (TPSA) is 47.6 Å². The highest BCUT2D eigenvalue weighted by atomic mass is 79.9. The first-order valence-corrected chi connectivity index (χ1v) is 3.03. The van der Waals surface area contributed by atoms with E-state index in [1.165, 1.54) is 0 Å². The summed E-state index contributed by atoms with van der Waals surface area (Å²) in [4.78, 5) is 0. The molecular weight excluding hydrogens is 180 g/mol. The summed E-state index contributed by atoms with van der Waals surface area (Å²) in [5.41, 5.74) is 0.227. The number of hydrogen-bond donors (Lipinski definition) is 0. The van der Waals surface area contributed by atoms with Gasteiger partial charge in [-0.2, -0.15) is 10.5 Å². The smallest absolute Gasteiger partial charge is 0.143 e. The van der Waals surface area contributed by atoms with Crippen molar-refractivity contribution in [2.75, 3.05) is 0 Å². The molecule has 0 aliphatic heterocycles. The molecule has 0 heterocycles. The standard InChI is InChI=1S/C6H5BrN2/c1-5(3-8)6(2,7)4-9/h1H2,2H3. The first-order valence-electron chi connectivity index (χ1n) is 2.24. The van der Waals surface area contributed by atoms with E-state index in [4.69, 9.17) is 10.5 Å². The Kier molecular flexibility index (Phi) is 2.42. The summed E-state index contributed by atoms with van der Waals surface area (Å²) in [7, 11) is 0. The van der Waals surface area contributed by atoms with Crippen LogP contribution in [0.2, 0.25) is 0 Å². The average molecular weight is 185 g/mol. The molecule has 1 atom stereocenters. The summed E-state index contributed by atoms with van der Waals surface area (Å²) >= 11 is 3.02. The molecule has 3 heteroatoms. The highest BCUT2D eigenvalue weighted by Gasteiger charge is 2.22. The Labute approximate surface area is 62.5 Å². The van der Waals surface area contributed by atoms with Crippen LogP contribution in [-0.4, -0.2) is 4.32 Å². The van der Waals surface area contributed by atoms with Crippen molar-refractivity contribution in [1.29, 1.82) is 10.5 Å². The molecule has 0 aromatic rings. The zero-order valence-corrected chi connectivity index (χ0v) is 6.57. The normalized spacial score (nSPS) is 14.7. The van der Waals surface area contributed by atoms with E-state index in [-0.39, 0.29) is 5.57 Å². The Bertz CT molecular complexity index is 204. The van der Waals surface area contributed by atoms with Crippen LogP contribution in [0, 0.1) is 22.7 Å². The number of nitriles is 2. The van der Waals surface area contributed by atoms with E-state index < -0.39 is 4.32 Å². The molecule has 0 amide bonds. The predicted octanol–water partition coefficient (Wildman–Crippen LogP) is 1.74. The van der Waals surface area contributed by atoms with Crippen LogP contribution in [-0.2, 0) is 0 Å². The summed E-state index contributed by atoms with van der Waals surface area (Å²) in [6, 6.07) is 3.68. The largest absolute Gasteiger partial charge is 0.196 e. The minimum absolute atomic E-state index is 0.227. The molecule has 0 radical (unpaired) electrons. The van der Waals surface area contributed by atoms with Crippen LogP contribution in [0.25, 0.3) is 0 Å². The Hall–Kier alpha value is -0.800. The zero-order valence-electron chi connectivity index (χ0n) is 4.98. The molecule has 0 fully saturated rings. The predicted molar refractivity (Wildman–Crippen MR) is 37.7 cm³/mol. The monoisotopic (exact) mass is 184 g/mol. The minimum atomic E-state index is -0.887. The summed E-state index contributed by atoms with van der Waals surface area (Å²) in [5, 5.41) is 16.7. The van der Waals surface area contributed by atoms with Gasteiger partial charge in [0.1, 0.15) is 4.32 Å². The van der Waals surface area contributed by atoms with Gasteiger partial charge in [0, 0.05) is 0 Å². The van der Waals surface area contributed by atoms with Gasteiger partial charge in [-0.15, -0.1) is 0 Å². The molecule has 0 rings (SSSR count). The Balaban J connectivity index is 4.44. The van der Waals surface area contributed by atoms with E-state index in [1.807, 2.05) is 6.07 Å². The van der Waals surface area contributed by atoms with Gasteiger partial charge < -0.3 is 0 Å². The van der Waals surface area contributed by atoms with Gasteiger partial charge in [-0.05, 0) is 6.92 Å². The second kappa shape index (κ2) is 2.66. The lowest BCUT2D eigenvalue weighted by atomic mass is 10.1. The van der Waals surface area contributed by atoms with E-state index in [9.17, 15) is 0 Å². The molecule has 0 N–H and O–H groups in total. The van der Waals surface area contributed by atoms with Crippen LogP contribution in [0.3, 0.4) is 0 Å². The first-order chi connectivity index (χ1) is 4.04. The van der Waals surface area contributed by atoms with Gasteiger partial charge in [-0.3, -0.25) is 0 Å². The van der Waals surface area contributed by atoms with Gasteiger partial charge in [-0.1, -0.05) is 22.5 Å². The second-order valence-electron chi connectivity index (χ2n) is 1.71. The van der Waals surface area contributed by atoms with Crippen LogP contribution in [0.1, 0.15) is 6.92 Å². The van der Waals surface area contributed by atoms with Gasteiger partial charge in [0.15, 0.2) is 0 Å². The maximum Gasteiger partial charge on any atom is 0.143 e. The van der Waals surface area contributed by atoms with Gasteiger partial charge >= 0.3 is 0 Å². The minimum Gasteiger partial charge on any atom is -0.196 e. The van der Waals surface area contributed by atoms with E-state index in [1.54, 1.807) is 13.0 Å². The van der Waals surface area contributed by atoms with Gasteiger partial charge in [0.05, 0.1) is 17.7 Å². The molecule has 1 unspecified atom stereocenters. The van der Waals surface area contributed by atoms with E-state index >= 15 is 0 Å². The van der Waals surface area contributed by atoms with Crippen LogP contribution in [0.5, 0.6) is 0 Å². The van der Waals surface area contributed by atoms with Crippen LogP contribution in [0.4, 0.5) is 0 Å². The number of rotatable bonds is 1. The fourth-order valence-electron chi connectivity index (χ4n) is 0.172. The summed E-state index contributed by atoms with van der Waals surface area (Å²) < 4.78 is -0.887. The number of halogens is 1. The fourth-order valence-corrected chi connectivity index (χ4v) is 0.261. The lowest BCUT2D eigenvalue weighted by molar-refractivity contribution is 1.00. The maximum atomic E-state index is 8.39. The number of alkyl halides is 1. The third-order valence-corrected chi connectivity index (χ3v) is 1.57. The van der Waals surface area contributed by atoms with Crippen LogP contribution < -0.4 is 0 Å². The molecule has 0 aromatic heterocycles. The number of hydrogen-bond acceptors (Lipinski definition) is 2. The summed E-state index contributed by atoms with van der Waals surface area (Å²) in [6.45, 7) is 4.97. The highest BCUT2D eigenvalue weighted by molar-refractivity contribution is 9.10. The van der Waals surface area contributed by atoms with Gasteiger partial charge in [-0.25, -0.2) is 0 Å². The summed E-state index contributed by atoms with van der Waals surface area (Å²) in [5.74, 6) is 0. The van der Waals surface area contributed by atoms with Crippen molar-refractivity contribution >= 4 is 15.9 Å². The highest BCUT2D eigenvalue weighted by Crippen LogP contribution is 2.23. The molecule has 0 aliphatic carbocycles. The fraction of sp³-hybridized carbons (Fsp3) is 0.333. The number of allylic oxidation sites excluding steroid dienone is 1. The van der Waals surface area contributed by atoms with E-state index in [2.05, 4.69) is 22.5 Å². The lowest BCUT2D eigenvalue weighted by Crippen LogP contribution is -2.13. The van der Waals surface area contributed by atoms with Crippen molar-refractivity contribution in [3.05, 3.63) is 12.2 Å². The third kappa shape index (κ3) is 1.87. The van der Waals surface area contributed by atoms with Crippen molar-refractivity contribution < 1.29 is 0 Å². The molecule has 2 nitrogen and oxygen atoms in total. The third-order valence-electron chi connectivity index (χ3n) is 0.912. The van der Waals surface area contributed by atoms with Gasteiger partial charge in [0.2, 0.25) is 0 Å². The van der Waals surface area contributed by atoms with Crippen molar-refractivity contribution in [2.45, 2.75) is 11.2 Å². The van der Waals surface area contributed by atoms with Crippen molar-refractivity contribution in [3.63, 3.8) is 0 Å². The Morgan fingerprint density at radius 2 is 2.11 bits per heavy atom. The van der Waals surface area contributed by atoms with Crippen LogP contribution >= 0.6 is 15.9 Å². The molecule has 9 heavy (non-hydrogen) atoms. The second-order valence-corrected chi connectivity index (χ2v) is 3.29. The lowest BCUT2D eigenvalue weighted by Gasteiger charge is -2.07. The van der Waals surface area contributed by atoms with Crippen LogP contribution in [0.15, 0.2) is 12.2 Å². The molecule has 0 bridgehead atoms. The van der Waals surface area contributed by atoms with E-state index in [0.717, 1.165) is 0 Å². The van der Waals surface area contributed by atoms with Crippen molar-refractivity contribution in [3.8, 4) is 12.1 Å². The van der Waals surface area contributed by atoms with Crippen molar-refractivity contribution in [1.82, 2.24) is 0 Å². The molecule has 46 valence electrons. The molecular formula is C6H5BrN2. The quantitative estimate of drug-likeness (QED) is 0.461. The molecule has 0 aliphatic rings. The Morgan fingerprint density at radius 3 is 2.22 bits per heavy atom. The molecule has 0 saturated heterocycles. The SMILES string of the molecule is C=C(C#N)C(C)(Br)C#N. The zero-order chi connectivity index (χ0) is 7.49. The first kappa shape index (κ1) is 8.20. The maximum absolute atomic E-state index is 8.39. The molecule has 0 spiro atoms. The Morgan fingerprint density at radius 1 is 1.67 bits per heavy atom. The number of nitrogens with zero attached hydrogens (tertiary/aromatic N) is 2. The van der Waals surface area contributed by atoms with Gasteiger partial charge in [0.25, 0.3) is 0 Å². The summed E-state index contributed by atoms with van der Waals surface area (Å²) in [6.07, 6.45) is 0. The molecule has 0 saturated carbocycles. The van der Waals surface area contributed by atoms with Crippen molar-refractivity contribution in [2.24, 2.45) is 0 Å². The average Bonchev–Trinajstić information content (AvgIpc) is 1.86.